The van der Waals surface area contributed by atoms with Gasteiger partial charge in [0.15, 0.2) is 17.2 Å². The van der Waals surface area contributed by atoms with Gasteiger partial charge < -0.3 is 29.4 Å². The van der Waals surface area contributed by atoms with Crippen LogP contribution in [0.15, 0.2) is 60.0 Å². The van der Waals surface area contributed by atoms with Gasteiger partial charge in [0, 0.05) is 11.6 Å². The molecular formula is C32H32Cl2N2O6. The van der Waals surface area contributed by atoms with Crippen LogP contribution in [0.5, 0.6) is 28.7 Å². The molecule has 0 radical (unpaired) electrons. The molecule has 10 heteroatoms. The molecule has 8 nitrogen and oxygen atoms in total. The molecule has 42 heavy (non-hydrogen) atoms. The molecule has 0 aliphatic carbocycles. The Kier molecular flexibility index (Phi) is 10.5. The summed E-state index contributed by atoms with van der Waals surface area (Å²) in [4.78, 5) is 13.0. The third-order valence-electron chi connectivity index (χ3n) is 6.44. The molecule has 0 aromatic heterocycles. The first-order valence-corrected chi connectivity index (χ1v) is 14.5. The molecule has 220 valence electrons. The number of esters is 1. The van der Waals surface area contributed by atoms with Crippen LogP contribution in [0.1, 0.15) is 67.4 Å². The molecular weight excluding hydrogens is 579 g/mol. The number of ether oxygens (including phenoxy) is 5. The van der Waals surface area contributed by atoms with Crippen molar-refractivity contribution in [1.29, 1.82) is 5.26 Å². The number of halogens is 2. The fourth-order valence-corrected chi connectivity index (χ4v) is 5.04. The minimum atomic E-state index is -0.670. The van der Waals surface area contributed by atoms with Gasteiger partial charge in [0.1, 0.15) is 23.1 Å². The molecule has 0 amide bonds. The van der Waals surface area contributed by atoms with E-state index in [9.17, 15) is 10.1 Å². The molecule has 2 N–H and O–H groups in total. The maximum Gasteiger partial charge on any atom is 0.343 e. The van der Waals surface area contributed by atoms with Crippen LogP contribution in [-0.2, 0) is 0 Å². The second-order valence-corrected chi connectivity index (χ2v) is 10.3. The van der Waals surface area contributed by atoms with E-state index >= 15 is 0 Å². The van der Waals surface area contributed by atoms with Crippen LogP contribution in [-0.4, -0.2) is 25.8 Å². The van der Waals surface area contributed by atoms with E-state index in [-0.39, 0.29) is 32.8 Å². The van der Waals surface area contributed by atoms with Crippen molar-refractivity contribution in [3.63, 3.8) is 0 Å². The normalized spacial score (nSPS) is 14.0. The molecule has 3 aromatic carbocycles. The van der Waals surface area contributed by atoms with Gasteiger partial charge in [0.25, 0.3) is 0 Å². The molecule has 1 heterocycles. The summed E-state index contributed by atoms with van der Waals surface area (Å²) >= 11 is 12.7. The topological polar surface area (TPSA) is 113 Å². The van der Waals surface area contributed by atoms with Gasteiger partial charge in [-0.1, -0.05) is 55.6 Å². The Morgan fingerprint density at radius 2 is 1.71 bits per heavy atom. The molecule has 0 saturated carbocycles. The van der Waals surface area contributed by atoms with Gasteiger partial charge in [-0.3, -0.25) is 0 Å². The Morgan fingerprint density at radius 3 is 2.38 bits per heavy atom. The number of hydrogen-bond donors (Lipinski definition) is 1. The molecule has 4 rings (SSSR count). The van der Waals surface area contributed by atoms with E-state index in [1.54, 1.807) is 18.2 Å². The van der Waals surface area contributed by atoms with Crippen LogP contribution in [0.4, 0.5) is 0 Å². The highest BCUT2D eigenvalue weighted by atomic mass is 35.5. The van der Waals surface area contributed by atoms with Gasteiger partial charge in [-0.15, -0.1) is 0 Å². The second kappa shape index (κ2) is 14.2. The maximum atomic E-state index is 13.0. The first-order valence-electron chi connectivity index (χ1n) is 13.8. The summed E-state index contributed by atoms with van der Waals surface area (Å²) in [6.45, 7) is 7.41. The number of fused-ring (bicyclic) bond motifs is 1. The number of rotatable bonds is 12. The minimum Gasteiger partial charge on any atom is -0.490 e. The average Bonchev–Trinajstić information content (AvgIpc) is 2.97. The number of carbonyl (C=O) groups excluding carboxylic acids is 1. The lowest BCUT2D eigenvalue weighted by molar-refractivity contribution is 0.0734. The summed E-state index contributed by atoms with van der Waals surface area (Å²) in [5, 5.41) is 10.4. The number of allylic oxidation sites excluding steroid dienone is 1. The van der Waals surface area contributed by atoms with Crippen molar-refractivity contribution in [1.82, 2.24) is 0 Å². The van der Waals surface area contributed by atoms with Crippen molar-refractivity contribution < 1.29 is 28.5 Å². The van der Waals surface area contributed by atoms with E-state index in [0.717, 1.165) is 24.8 Å². The van der Waals surface area contributed by atoms with Crippen LogP contribution >= 0.6 is 23.2 Å². The summed E-state index contributed by atoms with van der Waals surface area (Å²) < 4.78 is 28.7. The standard InChI is InChI=1S/C32H32Cl2N2O6/c1-4-7-13-40-30-24(33)14-20(15-25(30)34)32(37)41-21-9-10-22-27(17-21)42-31(36)23(18-35)29(22)19-8-11-26(39-12-5-2)28(16-19)38-6-3/h8-11,14-17,29H,4-7,12-13,36H2,1-3H3. The number of nitrogens with two attached hydrogens (primary N) is 1. The summed E-state index contributed by atoms with van der Waals surface area (Å²) in [6, 6.07) is 15.5. The fourth-order valence-electron chi connectivity index (χ4n) is 4.45. The Hall–Kier alpha value is -4.06. The van der Waals surface area contributed by atoms with Gasteiger partial charge in [-0.05, 0) is 55.7 Å². The smallest absolute Gasteiger partial charge is 0.343 e. The van der Waals surface area contributed by atoms with Crippen molar-refractivity contribution in [2.24, 2.45) is 5.73 Å². The lowest BCUT2D eigenvalue weighted by Crippen LogP contribution is -2.21. The fraction of sp³-hybridized carbons (Fsp3) is 0.312. The van der Waals surface area contributed by atoms with E-state index in [1.807, 2.05) is 39.0 Å². The van der Waals surface area contributed by atoms with Crippen molar-refractivity contribution in [2.45, 2.75) is 46.0 Å². The number of hydrogen-bond acceptors (Lipinski definition) is 8. The maximum absolute atomic E-state index is 13.0. The van der Waals surface area contributed by atoms with E-state index in [1.165, 1.54) is 12.1 Å². The third kappa shape index (κ3) is 6.87. The Balaban J connectivity index is 1.62. The molecule has 0 spiro atoms. The zero-order valence-electron chi connectivity index (χ0n) is 23.7. The van der Waals surface area contributed by atoms with Crippen molar-refractivity contribution in [2.75, 3.05) is 19.8 Å². The van der Waals surface area contributed by atoms with Crippen molar-refractivity contribution >= 4 is 29.2 Å². The average molecular weight is 612 g/mol. The largest absolute Gasteiger partial charge is 0.490 e. The molecule has 1 aliphatic heterocycles. The molecule has 3 aromatic rings. The Labute approximate surface area is 255 Å². The number of carbonyl (C=O) groups is 1. The number of nitriles is 1. The Bertz CT molecular complexity index is 1510. The van der Waals surface area contributed by atoms with Crippen LogP contribution in [0.2, 0.25) is 10.0 Å². The van der Waals surface area contributed by atoms with E-state index in [4.69, 9.17) is 52.6 Å². The number of nitrogens with zero attached hydrogens (tertiary/aromatic N) is 1. The Morgan fingerprint density at radius 1 is 0.952 bits per heavy atom. The second-order valence-electron chi connectivity index (χ2n) is 9.47. The molecule has 0 saturated heterocycles. The van der Waals surface area contributed by atoms with E-state index < -0.39 is 11.9 Å². The number of unbranched alkanes of at least 4 members (excludes halogenated alkanes) is 1. The third-order valence-corrected chi connectivity index (χ3v) is 7.00. The molecule has 1 atom stereocenters. The summed E-state index contributed by atoms with van der Waals surface area (Å²) in [5.41, 5.74) is 8.03. The first kappa shape index (κ1) is 30.9. The van der Waals surface area contributed by atoms with Gasteiger partial charge in [-0.2, -0.15) is 5.26 Å². The first-order chi connectivity index (χ1) is 20.3. The molecule has 1 unspecified atom stereocenters. The van der Waals surface area contributed by atoms with Crippen LogP contribution in [0.3, 0.4) is 0 Å². The SMILES string of the molecule is CCCCOc1c(Cl)cc(C(=O)Oc2ccc3c(c2)OC(N)=C(C#N)C3c2ccc(OCCC)c(OCC)c2)cc1Cl. The number of benzene rings is 3. The molecule has 0 bridgehead atoms. The predicted molar refractivity (Wildman–Crippen MR) is 161 cm³/mol. The predicted octanol–water partition coefficient (Wildman–Crippen LogP) is 7.80. The van der Waals surface area contributed by atoms with Crippen molar-refractivity contribution in [3.05, 3.63) is 86.7 Å². The van der Waals surface area contributed by atoms with E-state index in [0.29, 0.717) is 48.4 Å². The monoisotopic (exact) mass is 610 g/mol. The van der Waals surface area contributed by atoms with Crippen LogP contribution in [0.25, 0.3) is 0 Å². The highest BCUT2D eigenvalue weighted by molar-refractivity contribution is 6.37. The van der Waals surface area contributed by atoms with Gasteiger partial charge in [0.2, 0.25) is 5.88 Å². The van der Waals surface area contributed by atoms with Crippen LogP contribution in [0, 0.1) is 11.3 Å². The minimum absolute atomic E-state index is 0.0417. The van der Waals surface area contributed by atoms with E-state index in [2.05, 4.69) is 6.07 Å². The van der Waals surface area contributed by atoms with Gasteiger partial charge in [-0.25, -0.2) is 4.79 Å². The van der Waals surface area contributed by atoms with Gasteiger partial charge in [0.05, 0.1) is 41.3 Å². The lowest BCUT2D eigenvalue weighted by Gasteiger charge is -2.27. The summed E-state index contributed by atoms with van der Waals surface area (Å²) in [5.74, 6) is 0.813. The zero-order valence-corrected chi connectivity index (χ0v) is 25.2. The lowest BCUT2D eigenvalue weighted by atomic mass is 9.83. The zero-order chi connectivity index (χ0) is 30.2. The molecule has 0 fully saturated rings. The van der Waals surface area contributed by atoms with Crippen LogP contribution < -0.4 is 29.4 Å². The van der Waals surface area contributed by atoms with Crippen molar-refractivity contribution in [3.8, 4) is 34.8 Å². The summed E-state index contributed by atoms with van der Waals surface area (Å²) in [6.07, 6.45) is 2.66. The highest BCUT2D eigenvalue weighted by Gasteiger charge is 2.32. The molecule has 1 aliphatic rings. The highest BCUT2D eigenvalue weighted by Crippen LogP contribution is 2.45. The quantitative estimate of drug-likeness (QED) is 0.125. The van der Waals surface area contributed by atoms with Gasteiger partial charge >= 0.3 is 5.97 Å². The summed E-state index contributed by atoms with van der Waals surface area (Å²) in [7, 11) is 0.